The van der Waals surface area contributed by atoms with Crippen LogP contribution >= 0.6 is 11.8 Å². The fraction of sp³-hybridized carbons (Fsp3) is 0.105. The maximum absolute atomic E-state index is 12.5. The Balaban J connectivity index is 1.73. The van der Waals surface area contributed by atoms with Crippen molar-refractivity contribution in [2.45, 2.75) is 11.3 Å². The smallest absolute Gasteiger partial charge is 0.276 e. The molecule has 0 atom stereocenters. The summed E-state index contributed by atoms with van der Waals surface area (Å²) >= 11 is 1.50. The lowest BCUT2D eigenvalue weighted by Gasteiger charge is -2.09. The van der Waals surface area contributed by atoms with Crippen LogP contribution in [-0.2, 0) is 0 Å². The second-order valence-electron chi connectivity index (χ2n) is 5.63. The molecule has 0 spiro atoms. The standard InChI is InChI=1S/C19H15N5O3S/c20-11-3-13-28-18-5-2-1-4-16(18)21-19(25)17-10-12-23(22-17)14-6-8-15(9-7-14)24(26)27/h1-2,4-10,12H,3,13H2,(H,21,25). The quantitative estimate of drug-likeness (QED) is 0.280. The van der Waals surface area contributed by atoms with E-state index in [9.17, 15) is 14.9 Å². The summed E-state index contributed by atoms with van der Waals surface area (Å²) in [4.78, 5) is 23.7. The third kappa shape index (κ3) is 4.55. The lowest BCUT2D eigenvalue weighted by atomic mass is 10.3. The third-order valence-electron chi connectivity index (χ3n) is 3.75. The van der Waals surface area contributed by atoms with Gasteiger partial charge in [-0.3, -0.25) is 14.9 Å². The Morgan fingerprint density at radius 3 is 2.68 bits per heavy atom. The van der Waals surface area contributed by atoms with Crippen molar-refractivity contribution in [1.82, 2.24) is 9.78 Å². The molecule has 0 aliphatic heterocycles. The van der Waals surface area contributed by atoms with E-state index in [1.807, 2.05) is 18.2 Å². The summed E-state index contributed by atoms with van der Waals surface area (Å²) in [6, 6.07) is 16.9. The average Bonchev–Trinajstić information content (AvgIpc) is 3.20. The molecule has 3 aromatic rings. The topological polar surface area (TPSA) is 114 Å². The minimum absolute atomic E-state index is 0.0145. The number of non-ortho nitro benzene ring substituents is 1. The first-order chi connectivity index (χ1) is 13.6. The molecule has 1 aromatic heterocycles. The number of nitriles is 1. The number of nitrogens with zero attached hydrogens (tertiary/aromatic N) is 4. The van der Waals surface area contributed by atoms with Gasteiger partial charge in [0.2, 0.25) is 0 Å². The van der Waals surface area contributed by atoms with Gasteiger partial charge in [0.05, 0.1) is 22.4 Å². The summed E-state index contributed by atoms with van der Waals surface area (Å²) in [5, 5.41) is 26.5. The summed E-state index contributed by atoms with van der Waals surface area (Å²) in [6.07, 6.45) is 2.04. The Hall–Kier alpha value is -3.64. The molecule has 2 aromatic carbocycles. The number of hydrogen-bond donors (Lipinski definition) is 1. The van der Waals surface area contributed by atoms with Crippen LogP contribution < -0.4 is 5.32 Å². The zero-order valence-corrected chi connectivity index (χ0v) is 15.4. The normalized spacial score (nSPS) is 10.2. The molecule has 0 fully saturated rings. The number of thioether (sulfide) groups is 1. The number of nitrogens with one attached hydrogen (secondary N) is 1. The first-order valence-electron chi connectivity index (χ1n) is 8.29. The van der Waals surface area contributed by atoms with E-state index >= 15 is 0 Å². The molecule has 0 aliphatic carbocycles. The maximum atomic E-state index is 12.5. The van der Waals surface area contributed by atoms with E-state index in [2.05, 4.69) is 16.5 Å². The number of hydrogen-bond acceptors (Lipinski definition) is 6. The number of benzene rings is 2. The van der Waals surface area contributed by atoms with Crippen LogP contribution in [0.1, 0.15) is 16.9 Å². The Morgan fingerprint density at radius 1 is 1.21 bits per heavy atom. The summed E-state index contributed by atoms with van der Waals surface area (Å²) < 4.78 is 1.48. The van der Waals surface area contributed by atoms with Crippen molar-refractivity contribution >= 4 is 29.0 Å². The van der Waals surface area contributed by atoms with Crippen molar-refractivity contribution in [3.63, 3.8) is 0 Å². The minimum Gasteiger partial charge on any atom is -0.320 e. The lowest BCUT2D eigenvalue weighted by molar-refractivity contribution is -0.384. The van der Waals surface area contributed by atoms with Gasteiger partial charge in [0.1, 0.15) is 0 Å². The van der Waals surface area contributed by atoms with E-state index in [0.29, 0.717) is 23.5 Å². The number of nitro groups is 1. The predicted molar refractivity (Wildman–Crippen MR) is 106 cm³/mol. The summed E-state index contributed by atoms with van der Waals surface area (Å²) in [5.74, 6) is 0.270. The highest BCUT2D eigenvalue weighted by Gasteiger charge is 2.13. The molecule has 0 aliphatic rings. The molecular formula is C19H15N5O3S. The van der Waals surface area contributed by atoms with Gasteiger partial charge < -0.3 is 5.32 Å². The van der Waals surface area contributed by atoms with Gasteiger partial charge in [0.15, 0.2) is 5.69 Å². The second-order valence-corrected chi connectivity index (χ2v) is 6.76. The van der Waals surface area contributed by atoms with Gasteiger partial charge in [0, 0.05) is 35.4 Å². The molecule has 9 heteroatoms. The van der Waals surface area contributed by atoms with E-state index in [0.717, 1.165) is 4.90 Å². The molecule has 1 N–H and O–H groups in total. The number of carbonyl (C=O) groups is 1. The van der Waals surface area contributed by atoms with Gasteiger partial charge in [0.25, 0.3) is 11.6 Å². The molecule has 1 heterocycles. The monoisotopic (exact) mass is 393 g/mol. The first kappa shape index (κ1) is 19.1. The first-order valence-corrected chi connectivity index (χ1v) is 9.27. The van der Waals surface area contributed by atoms with Gasteiger partial charge in [-0.1, -0.05) is 12.1 Å². The molecule has 3 rings (SSSR count). The number of anilines is 1. The van der Waals surface area contributed by atoms with Crippen molar-refractivity contribution in [2.75, 3.05) is 11.1 Å². The minimum atomic E-state index is -0.474. The zero-order chi connectivity index (χ0) is 19.9. The molecule has 28 heavy (non-hydrogen) atoms. The number of para-hydroxylation sites is 1. The Bertz CT molecular complexity index is 1040. The second kappa shape index (κ2) is 8.83. The Labute approximate surface area is 164 Å². The molecule has 8 nitrogen and oxygen atoms in total. The average molecular weight is 393 g/mol. The summed E-state index contributed by atoms with van der Waals surface area (Å²) in [6.45, 7) is 0. The maximum Gasteiger partial charge on any atom is 0.276 e. The predicted octanol–water partition coefficient (Wildman–Crippen LogP) is 4.04. The Morgan fingerprint density at radius 2 is 1.96 bits per heavy atom. The van der Waals surface area contributed by atoms with Gasteiger partial charge in [-0.25, -0.2) is 4.68 Å². The molecular weight excluding hydrogens is 378 g/mol. The third-order valence-corrected chi connectivity index (χ3v) is 4.83. The highest BCUT2D eigenvalue weighted by molar-refractivity contribution is 7.99. The van der Waals surface area contributed by atoms with E-state index in [-0.39, 0.29) is 17.3 Å². The van der Waals surface area contributed by atoms with Crippen molar-refractivity contribution in [1.29, 1.82) is 5.26 Å². The number of carbonyl (C=O) groups excluding carboxylic acids is 1. The molecule has 0 bridgehead atoms. The highest BCUT2D eigenvalue weighted by Crippen LogP contribution is 2.27. The van der Waals surface area contributed by atoms with Crippen LogP contribution in [0.5, 0.6) is 0 Å². The number of aromatic nitrogens is 2. The van der Waals surface area contributed by atoms with Gasteiger partial charge in [-0.05, 0) is 30.3 Å². The van der Waals surface area contributed by atoms with Crippen molar-refractivity contribution < 1.29 is 9.72 Å². The van der Waals surface area contributed by atoms with Gasteiger partial charge in [-0.15, -0.1) is 11.8 Å². The van der Waals surface area contributed by atoms with Crippen LogP contribution in [0.15, 0.2) is 65.7 Å². The van der Waals surface area contributed by atoms with Crippen LogP contribution in [0, 0.1) is 21.4 Å². The number of nitro benzene ring substituents is 1. The van der Waals surface area contributed by atoms with Crippen LogP contribution in [-0.4, -0.2) is 26.4 Å². The molecule has 0 saturated heterocycles. The fourth-order valence-corrected chi connectivity index (χ4v) is 3.27. The van der Waals surface area contributed by atoms with E-state index in [1.54, 1.807) is 30.5 Å². The number of amides is 1. The Kier molecular flexibility index (Phi) is 6.04. The molecule has 1 amide bonds. The fourth-order valence-electron chi connectivity index (χ4n) is 2.40. The van der Waals surface area contributed by atoms with Gasteiger partial charge >= 0.3 is 0 Å². The summed E-state index contributed by atoms with van der Waals surface area (Å²) in [7, 11) is 0. The van der Waals surface area contributed by atoms with Gasteiger partial charge in [-0.2, -0.15) is 10.4 Å². The molecule has 0 saturated carbocycles. The molecule has 0 unspecified atom stereocenters. The van der Waals surface area contributed by atoms with E-state index in [1.165, 1.54) is 28.6 Å². The van der Waals surface area contributed by atoms with E-state index < -0.39 is 4.92 Å². The summed E-state index contributed by atoms with van der Waals surface area (Å²) in [5.41, 5.74) is 1.46. The highest BCUT2D eigenvalue weighted by atomic mass is 32.2. The van der Waals surface area contributed by atoms with Crippen LogP contribution in [0.4, 0.5) is 11.4 Å². The number of rotatable bonds is 7. The lowest BCUT2D eigenvalue weighted by Crippen LogP contribution is -2.13. The van der Waals surface area contributed by atoms with Crippen LogP contribution in [0.2, 0.25) is 0 Å². The SMILES string of the molecule is N#CCCSc1ccccc1NC(=O)c1ccn(-c2ccc([N+](=O)[O-])cc2)n1. The molecule has 140 valence electrons. The van der Waals surface area contributed by atoms with Crippen LogP contribution in [0.3, 0.4) is 0 Å². The van der Waals surface area contributed by atoms with E-state index in [4.69, 9.17) is 5.26 Å². The van der Waals surface area contributed by atoms with Crippen LogP contribution in [0.25, 0.3) is 5.69 Å². The van der Waals surface area contributed by atoms with Crippen molar-refractivity contribution in [3.8, 4) is 11.8 Å². The largest absolute Gasteiger partial charge is 0.320 e. The van der Waals surface area contributed by atoms with Crippen molar-refractivity contribution in [3.05, 3.63) is 76.6 Å². The van der Waals surface area contributed by atoms with Crippen molar-refractivity contribution in [2.24, 2.45) is 0 Å². The zero-order valence-electron chi connectivity index (χ0n) is 14.6. The molecule has 0 radical (unpaired) electrons.